The Bertz CT molecular complexity index is 1120. The minimum absolute atomic E-state index is 0.755. The number of nitrogens with zero attached hydrogens (tertiary/aromatic N) is 4. The number of fused-ring (bicyclic) bond motifs is 1. The van der Waals surface area contributed by atoms with Gasteiger partial charge in [-0.05, 0) is 41.3 Å². The number of anilines is 2. The monoisotopic (exact) mass is 399 g/mol. The highest BCUT2D eigenvalue weighted by Gasteiger charge is 2.19. The summed E-state index contributed by atoms with van der Waals surface area (Å²) < 4.78 is 0. The summed E-state index contributed by atoms with van der Waals surface area (Å²) in [5.41, 5.74) is 11.8. The van der Waals surface area contributed by atoms with Crippen LogP contribution in [-0.2, 0) is 19.4 Å². The molecule has 2 aromatic carbocycles. The minimum Gasteiger partial charge on any atom is -0.399 e. The maximum Gasteiger partial charge on any atom is 0.185 e. The summed E-state index contributed by atoms with van der Waals surface area (Å²) in [5, 5.41) is 1.09. The number of hydrogen-bond donors (Lipinski definition) is 1. The van der Waals surface area contributed by atoms with Crippen molar-refractivity contribution < 1.29 is 0 Å². The molecule has 0 unspecified atom stereocenters. The van der Waals surface area contributed by atoms with Crippen molar-refractivity contribution in [2.45, 2.75) is 19.4 Å². The van der Waals surface area contributed by atoms with Crippen LogP contribution in [0.25, 0.3) is 11.4 Å². The van der Waals surface area contributed by atoms with E-state index in [0.717, 1.165) is 48.1 Å². The Hall–Kier alpha value is -3.25. The zero-order valence-corrected chi connectivity index (χ0v) is 16.8. The van der Waals surface area contributed by atoms with Crippen LogP contribution in [0.5, 0.6) is 0 Å². The molecule has 0 saturated heterocycles. The zero-order chi connectivity index (χ0) is 19.6. The standard InChI is InChI=1S/C23H21N5S/c24-20-7-6-17-8-11-28(15-19(17)13-20)23-27-14-21(29-23)12-16-2-4-18(5-3-16)22-25-9-1-10-26-22/h1-7,9-10,13-14H,8,11-12,15,24H2. The topological polar surface area (TPSA) is 67.9 Å². The smallest absolute Gasteiger partial charge is 0.185 e. The minimum atomic E-state index is 0.755. The third-order valence-corrected chi connectivity index (χ3v) is 6.27. The van der Waals surface area contributed by atoms with Gasteiger partial charge < -0.3 is 10.6 Å². The summed E-state index contributed by atoms with van der Waals surface area (Å²) in [7, 11) is 0. The van der Waals surface area contributed by atoms with Gasteiger partial charge in [0.1, 0.15) is 0 Å². The van der Waals surface area contributed by atoms with Gasteiger partial charge in [-0.3, -0.25) is 0 Å². The van der Waals surface area contributed by atoms with Gasteiger partial charge >= 0.3 is 0 Å². The molecule has 0 bridgehead atoms. The van der Waals surface area contributed by atoms with Gasteiger partial charge in [-0.25, -0.2) is 15.0 Å². The Morgan fingerprint density at radius 1 is 0.966 bits per heavy atom. The fourth-order valence-electron chi connectivity index (χ4n) is 3.69. The SMILES string of the molecule is Nc1ccc2c(c1)CN(c1ncc(Cc3ccc(-c4ncccn4)cc3)s1)CC2. The number of hydrogen-bond acceptors (Lipinski definition) is 6. The lowest BCUT2D eigenvalue weighted by Crippen LogP contribution is -2.30. The number of rotatable bonds is 4. The maximum atomic E-state index is 5.96. The first-order chi connectivity index (χ1) is 14.2. The second kappa shape index (κ2) is 7.64. The van der Waals surface area contributed by atoms with Gasteiger partial charge in [-0.1, -0.05) is 30.3 Å². The maximum absolute atomic E-state index is 5.96. The molecule has 29 heavy (non-hydrogen) atoms. The van der Waals surface area contributed by atoms with E-state index in [2.05, 4.69) is 56.3 Å². The van der Waals surface area contributed by atoms with E-state index in [-0.39, 0.29) is 0 Å². The summed E-state index contributed by atoms with van der Waals surface area (Å²) in [4.78, 5) is 16.9. The van der Waals surface area contributed by atoms with Gasteiger partial charge in [0.05, 0.1) is 0 Å². The van der Waals surface area contributed by atoms with Crippen LogP contribution >= 0.6 is 11.3 Å². The van der Waals surface area contributed by atoms with Gasteiger partial charge in [0.25, 0.3) is 0 Å². The van der Waals surface area contributed by atoms with E-state index >= 15 is 0 Å². The predicted molar refractivity (Wildman–Crippen MR) is 118 cm³/mol. The number of aromatic nitrogens is 3. The molecule has 0 radical (unpaired) electrons. The van der Waals surface area contributed by atoms with E-state index in [1.165, 1.54) is 21.6 Å². The Labute approximate surface area is 173 Å². The van der Waals surface area contributed by atoms with Crippen LogP contribution in [0.3, 0.4) is 0 Å². The highest BCUT2D eigenvalue weighted by atomic mass is 32.1. The van der Waals surface area contributed by atoms with E-state index < -0.39 is 0 Å². The molecule has 0 fully saturated rings. The summed E-state index contributed by atoms with van der Waals surface area (Å²) in [6.07, 6.45) is 7.45. The molecule has 1 aliphatic rings. The number of nitrogen functional groups attached to an aromatic ring is 1. The zero-order valence-electron chi connectivity index (χ0n) is 16.0. The summed E-state index contributed by atoms with van der Waals surface area (Å²) >= 11 is 1.77. The van der Waals surface area contributed by atoms with Crippen LogP contribution in [0.2, 0.25) is 0 Å². The molecule has 3 heterocycles. The molecule has 5 rings (SSSR count). The van der Waals surface area contributed by atoms with E-state index in [0.29, 0.717) is 0 Å². The van der Waals surface area contributed by atoms with Gasteiger partial charge in [0, 0.05) is 54.2 Å². The molecule has 2 N–H and O–H groups in total. The van der Waals surface area contributed by atoms with Gasteiger partial charge in [-0.15, -0.1) is 11.3 Å². The molecule has 1 aliphatic heterocycles. The number of thiazole rings is 1. The largest absolute Gasteiger partial charge is 0.399 e. The van der Waals surface area contributed by atoms with Crippen LogP contribution in [0, 0.1) is 0 Å². The Morgan fingerprint density at radius 2 is 1.79 bits per heavy atom. The fraction of sp³-hybridized carbons (Fsp3) is 0.174. The van der Waals surface area contributed by atoms with Crippen molar-refractivity contribution in [2.75, 3.05) is 17.2 Å². The van der Waals surface area contributed by atoms with Gasteiger partial charge in [-0.2, -0.15) is 0 Å². The average molecular weight is 400 g/mol. The lowest BCUT2D eigenvalue weighted by Gasteiger charge is -2.28. The van der Waals surface area contributed by atoms with Gasteiger partial charge in [0.15, 0.2) is 11.0 Å². The first-order valence-corrected chi connectivity index (χ1v) is 10.5. The molecule has 0 atom stereocenters. The molecule has 0 aliphatic carbocycles. The second-order valence-electron chi connectivity index (χ2n) is 7.25. The molecular weight excluding hydrogens is 378 g/mol. The Kier molecular flexibility index (Phi) is 4.69. The van der Waals surface area contributed by atoms with E-state index in [1.807, 2.05) is 18.3 Å². The second-order valence-corrected chi connectivity index (χ2v) is 8.35. The van der Waals surface area contributed by atoms with Crippen molar-refractivity contribution in [1.29, 1.82) is 0 Å². The molecule has 4 aromatic rings. The summed E-state index contributed by atoms with van der Waals surface area (Å²) in [5.74, 6) is 0.755. The first kappa shape index (κ1) is 17.8. The van der Waals surface area contributed by atoms with E-state index in [9.17, 15) is 0 Å². The highest BCUT2D eigenvalue weighted by molar-refractivity contribution is 7.15. The van der Waals surface area contributed by atoms with Crippen molar-refractivity contribution in [1.82, 2.24) is 15.0 Å². The Morgan fingerprint density at radius 3 is 2.62 bits per heavy atom. The van der Waals surface area contributed by atoms with Crippen LogP contribution < -0.4 is 10.6 Å². The van der Waals surface area contributed by atoms with Crippen molar-refractivity contribution in [3.63, 3.8) is 0 Å². The van der Waals surface area contributed by atoms with E-state index in [1.54, 1.807) is 23.7 Å². The van der Waals surface area contributed by atoms with E-state index in [4.69, 9.17) is 5.73 Å². The van der Waals surface area contributed by atoms with Crippen molar-refractivity contribution in [3.05, 3.63) is 88.7 Å². The summed E-state index contributed by atoms with van der Waals surface area (Å²) in [6, 6.07) is 16.5. The van der Waals surface area contributed by atoms with Crippen molar-refractivity contribution in [3.8, 4) is 11.4 Å². The van der Waals surface area contributed by atoms with Crippen LogP contribution in [-0.4, -0.2) is 21.5 Å². The highest BCUT2D eigenvalue weighted by Crippen LogP contribution is 2.30. The number of benzene rings is 2. The third kappa shape index (κ3) is 3.84. The molecular formula is C23H21N5S. The van der Waals surface area contributed by atoms with Gasteiger partial charge in [0.2, 0.25) is 0 Å². The van der Waals surface area contributed by atoms with Crippen molar-refractivity contribution >= 4 is 22.2 Å². The number of nitrogens with two attached hydrogens (primary N) is 1. The molecule has 5 nitrogen and oxygen atoms in total. The van der Waals surface area contributed by atoms with Crippen LogP contribution in [0.4, 0.5) is 10.8 Å². The first-order valence-electron chi connectivity index (χ1n) is 9.68. The lowest BCUT2D eigenvalue weighted by molar-refractivity contribution is 0.729. The Balaban J connectivity index is 1.28. The molecule has 0 amide bonds. The normalized spacial score (nSPS) is 13.3. The molecule has 0 spiro atoms. The summed E-state index contributed by atoms with van der Waals surface area (Å²) in [6.45, 7) is 1.87. The molecule has 6 heteroatoms. The molecule has 0 saturated carbocycles. The van der Waals surface area contributed by atoms with Crippen LogP contribution in [0.1, 0.15) is 21.6 Å². The lowest BCUT2D eigenvalue weighted by atomic mass is 9.99. The quantitative estimate of drug-likeness (QED) is 0.517. The fourth-order valence-corrected chi connectivity index (χ4v) is 4.66. The van der Waals surface area contributed by atoms with Crippen molar-refractivity contribution in [2.24, 2.45) is 0 Å². The molecule has 2 aromatic heterocycles. The predicted octanol–water partition coefficient (Wildman–Crippen LogP) is 4.34. The average Bonchev–Trinajstić information content (AvgIpc) is 3.23. The van der Waals surface area contributed by atoms with Crippen LogP contribution in [0.15, 0.2) is 67.1 Å². The third-order valence-electron chi connectivity index (χ3n) is 5.21. The molecule has 144 valence electrons.